The maximum Gasteiger partial charge on any atom is 0.512 e. The van der Waals surface area contributed by atoms with Crippen molar-refractivity contribution in [1.82, 2.24) is 9.88 Å². The van der Waals surface area contributed by atoms with E-state index in [1.165, 1.54) is 0 Å². The predicted molar refractivity (Wildman–Crippen MR) is 104 cm³/mol. The maximum atomic E-state index is 11.2. The van der Waals surface area contributed by atoms with E-state index in [2.05, 4.69) is 9.88 Å². The summed E-state index contributed by atoms with van der Waals surface area (Å²) in [4.78, 5) is 21.0. The number of aliphatic hydroxyl groups is 1. The Kier molecular flexibility index (Phi) is 4.84. The van der Waals surface area contributed by atoms with E-state index in [9.17, 15) is 9.90 Å². The molecule has 1 aromatic heterocycles. The molecule has 3 aliphatic heterocycles. The minimum atomic E-state index is -1.34. The number of carboxylic acid groups (broad SMARTS) is 1. The van der Waals surface area contributed by atoms with Crippen molar-refractivity contribution in [3.63, 3.8) is 0 Å². The zero-order valence-electron chi connectivity index (χ0n) is 14.1. The first-order valence-corrected chi connectivity index (χ1v) is 10.6. The van der Waals surface area contributed by atoms with Crippen molar-refractivity contribution in [3.8, 4) is 0 Å². The van der Waals surface area contributed by atoms with Crippen molar-refractivity contribution in [1.29, 1.82) is 0 Å². The van der Waals surface area contributed by atoms with Crippen molar-refractivity contribution in [3.05, 3.63) is 22.4 Å². The second-order valence-corrected chi connectivity index (χ2v) is 8.95. The molecule has 140 valence electrons. The van der Waals surface area contributed by atoms with Gasteiger partial charge < -0.3 is 19.8 Å². The van der Waals surface area contributed by atoms with Crippen LogP contribution in [-0.2, 0) is 4.74 Å². The van der Waals surface area contributed by atoms with Crippen LogP contribution in [0, 0.1) is 11.8 Å². The van der Waals surface area contributed by atoms with Gasteiger partial charge in [-0.3, -0.25) is 4.90 Å². The first-order valence-electron chi connectivity index (χ1n) is 8.48. The topological polar surface area (TPSA) is 86.1 Å². The van der Waals surface area contributed by atoms with Gasteiger partial charge >= 0.3 is 6.16 Å². The van der Waals surface area contributed by atoms with Gasteiger partial charge in [0.05, 0.1) is 27.3 Å². The zero-order chi connectivity index (χ0) is 18.4. The first kappa shape index (κ1) is 18.0. The van der Waals surface area contributed by atoms with Crippen molar-refractivity contribution in [2.24, 2.45) is 11.8 Å². The van der Waals surface area contributed by atoms with Crippen LogP contribution in [0.5, 0.6) is 0 Å². The lowest BCUT2D eigenvalue weighted by Crippen LogP contribution is -2.59. The molecule has 1 aromatic rings. The number of hydrogen-bond donors (Lipinski definition) is 2. The average Bonchev–Trinajstić information content (AvgIpc) is 3.32. The summed E-state index contributed by atoms with van der Waals surface area (Å²) in [5.41, 5.74) is 0. The summed E-state index contributed by atoms with van der Waals surface area (Å²) in [7, 11) is 0. The zero-order valence-corrected chi connectivity index (χ0v) is 16.5. The van der Waals surface area contributed by atoms with Crippen LogP contribution in [0.1, 0.15) is 19.8 Å². The van der Waals surface area contributed by atoms with Gasteiger partial charge in [0.2, 0.25) is 5.88 Å². The fraction of sp³-hybridized carbons (Fsp3) is 0.562. The van der Waals surface area contributed by atoms with Crippen molar-refractivity contribution < 1.29 is 19.7 Å². The van der Waals surface area contributed by atoms with Gasteiger partial charge in [0.1, 0.15) is 0 Å². The molecule has 0 aliphatic carbocycles. The number of ether oxygens (including phenoxy) is 1. The molecule has 0 spiro atoms. The molecule has 4 rings (SSSR count). The number of aromatic nitrogens is 1. The SMILES string of the molecule is CC[C@H](O)[C@H]1C(=S)N2C(OC(=O)O)=C(C3CCN(c4nccs4)C3)S[C@H]12. The highest BCUT2D eigenvalue weighted by Crippen LogP contribution is 2.54. The number of thiocarbonyl (C=S) groups is 1. The molecule has 0 aromatic carbocycles. The lowest BCUT2D eigenvalue weighted by atomic mass is 9.91. The van der Waals surface area contributed by atoms with Crippen LogP contribution in [0.2, 0.25) is 0 Å². The molecule has 0 saturated carbocycles. The molecule has 4 atom stereocenters. The molecule has 2 fully saturated rings. The van der Waals surface area contributed by atoms with Crippen molar-refractivity contribution in [2.45, 2.75) is 31.2 Å². The molecule has 10 heteroatoms. The van der Waals surface area contributed by atoms with Gasteiger partial charge in [0, 0.05) is 30.6 Å². The Bertz CT molecular complexity index is 754. The van der Waals surface area contributed by atoms with Crippen molar-refractivity contribution >= 4 is 51.6 Å². The Morgan fingerprint density at radius 1 is 1.58 bits per heavy atom. The summed E-state index contributed by atoms with van der Waals surface area (Å²) < 4.78 is 5.13. The van der Waals surface area contributed by atoms with E-state index < -0.39 is 12.3 Å². The third kappa shape index (κ3) is 2.88. The normalized spacial score (nSPS) is 29.0. The molecule has 0 radical (unpaired) electrons. The van der Waals surface area contributed by atoms with Gasteiger partial charge in [0.25, 0.3) is 0 Å². The second-order valence-electron chi connectivity index (χ2n) is 6.50. The lowest BCUT2D eigenvalue weighted by Gasteiger charge is -2.46. The van der Waals surface area contributed by atoms with Gasteiger partial charge in [-0.25, -0.2) is 9.78 Å². The molecule has 4 heterocycles. The van der Waals surface area contributed by atoms with Crippen LogP contribution >= 0.6 is 35.3 Å². The van der Waals surface area contributed by atoms with E-state index in [0.717, 1.165) is 29.5 Å². The van der Waals surface area contributed by atoms with E-state index in [1.54, 1.807) is 34.2 Å². The summed E-state index contributed by atoms with van der Waals surface area (Å²) in [6.45, 7) is 3.57. The molecule has 26 heavy (non-hydrogen) atoms. The largest absolute Gasteiger partial charge is 0.512 e. The van der Waals surface area contributed by atoms with E-state index in [0.29, 0.717) is 17.3 Å². The van der Waals surface area contributed by atoms with Crippen LogP contribution in [-0.4, -0.2) is 55.8 Å². The van der Waals surface area contributed by atoms with Gasteiger partial charge in [-0.05, 0) is 12.8 Å². The molecule has 1 unspecified atom stereocenters. The maximum absolute atomic E-state index is 11.2. The summed E-state index contributed by atoms with van der Waals surface area (Å²) in [5.74, 6) is 0.371. The monoisotopic (exact) mass is 413 g/mol. The van der Waals surface area contributed by atoms with Crippen molar-refractivity contribution in [2.75, 3.05) is 18.0 Å². The van der Waals surface area contributed by atoms with E-state index in [1.807, 2.05) is 12.3 Å². The molecule has 0 bridgehead atoms. The fourth-order valence-electron chi connectivity index (χ4n) is 3.71. The molecule has 0 amide bonds. The van der Waals surface area contributed by atoms with Crippen LogP contribution in [0.25, 0.3) is 0 Å². The summed E-state index contributed by atoms with van der Waals surface area (Å²) in [6.07, 6.45) is 1.45. The van der Waals surface area contributed by atoms with E-state index >= 15 is 0 Å². The number of nitrogens with zero attached hydrogens (tertiary/aromatic N) is 3. The van der Waals surface area contributed by atoms with E-state index in [-0.39, 0.29) is 17.2 Å². The number of anilines is 1. The molecule has 3 aliphatic rings. The molecular weight excluding hydrogens is 394 g/mol. The molecular formula is C16H19N3O4S3. The number of rotatable bonds is 5. The number of aliphatic hydroxyl groups excluding tert-OH is 1. The van der Waals surface area contributed by atoms with Gasteiger partial charge in [-0.15, -0.1) is 11.3 Å². The van der Waals surface area contributed by atoms with Crippen LogP contribution in [0.3, 0.4) is 0 Å². The summed E-state index contributed by atoms with van der Waals surface area (Å²) in [5, 5.41) is 22.3. The Hall–Kier alpha value is -1.36. The van der Waals surface area contributed by atoms with Gasteiger partial charge in [-0.1, -0.05) is 30.9 Å². The molecule has 7 nitrogen and oxygen atoms in total. The Morgan fingerprint density at radius 3 is 3.04 bits per heavy atom. The summed E-state index contributed by atoms with van der Waals surface area (Å²) in [6, 6.07) is 0. The van der Waals surface area contributed by atoms with Gasteiger partial charge in [0.15, 0.2) is 5.13 Å². The minimum absolute atomic E-state index is 0.0734. The lowest BCUT2D eigenvalue weighted by molar-refractivity contribution is 0.0571. The third-order valence-corrected chi connectivity index (χ3v) is 7.84. The highest BCUT2D eigenvalue weighted by atomic mass is 32.2. The smallest absolute Gasteiger partial charge is 0.449 e. The Morgan fingerprint density at radius 2 is 2.38 bits per heavy atom. The highest BCUT2D eigenvalue weighted by molar-refractivity contribution is 8.04. The number of hydrogen-bond acceptors (Lipinski definition) is 8. The first-order chi connectivity index (χ1) is 12.5. The number of fused-ring (bicyclic) bond motifs is 1. The Labute approximate surface area is 164 Å². The van der Waals surface area contributed by atoms with Gasteiger partial charge in [-0.2, -0.15) is 0 Å². The molecule has 2 saturated heterocycles. The summed E-state index contributed by atoms with van der Waals surface area (Å²) >= 11 is 8.65. The number of thiazole rings is 1. The minimum Gasteiger partial charge on any atom is -0.449 e. The van der Waals surface area contributed by atoms with E-state index in [4.69, 9.17) is 22.1 Å². The fourth-order valence-corrected chi connectivity index (χ4v) is 6.68. The standard InChI is InChI=1S/C16H19N3O4S3/c1-2-9(20)10-13(24)19-12(23-16(21)22)11(26-14(10)19)8-3-5-18(7-8)15-17-4-6-25-15/h4,6,8-10,14,20H,2-3,5,7H2,1H3,(H,21,22)/t8?,9-,10-,14+/m0/s1. The predicted octanol–water partition coefficient (Wildman–Crippen LogP) is 2.94. The second kappa shape index (κ2) is 6.99. The van der Waals surface area contributed by atoms with Crippen LogP contribution < -0.4 is 4.90 Å². The quantitative estimate of drug-likeness (QED) is 0.559. The third-order valence-electron chi connectivity index (χ3n) is 5.03. The van der Waals surface area contributed by atoms with Crippen LogP contribution in [0.15, 0.2) is 22.4 Å². The highest BCUT2D eigenvalue weighted by Gasteiger charge is 2.56. The van der Waals surface area contributed by atoms with Crippen LogP contribution in [0.4, 0.5) is 9.93 Å². The Balaban J connectivity index is 1.57. The number of thioether (sulfide) groups is 1. The average molecular weight is 414 g/mol. The number of carbonyl (C=O) groups is 1. The molecule has 2 N–H and O–H groups in total.